The molecule has 128 valence electrons. The molecule has 26 heavy (non-hydrogen) atoms. The lowest BCUT2D eigenvalue weighted by atomic mass is 9.57. The van der Waals surface area contributed by atoms with Crippen molar-refractivity contribution in [2.45, 2.75) is 26.2 Å². The van der Waals surface area contributed by atoms with Crippen molar-refractivity contribution in [3.05, 3.63) is 40.1 Å². The van der Waals surface area contributed by atoms with E-state index in [0.29, 0.717) is 17.0 Å². The summed E-state index contributed by atoms with van der Waals surface area (Å²) >= 11 is 0. The van der Waals surface area contributed by atoms with E-state index in [1.54, 1.807) is 26.8 Å². The summed E-state index contributed by atoms with van der Waals surface area (Å²) in [6, 6.07) is 5.87. The van der Waals surface area contributed by atoms with Crippen LogP contribution in [0.5, 0.6) is 0 Å². The van der Waals surface area contributed by atoms with Crippen molar-refractivity contribution in [3.63, 3.8) is 0 Å². The molecule has 1 atom stereocenters. The summed E-state index contributed by atoms with van der Waals surface area (Å²) < 4.78 is 9.49. The smallest absolute Gasteiger partial charge is 0.198 e. The monoisotopic (exact) mass is 348 g/mol. The first-order valence-electron chi connectivity index (χ1n) is 7.41. The van der Waals surface area contributed by atoms with Gasteiger partial charge in [0.15, 0.2) is 5.41 Å². The molecule has 0 amide bonds. The minimum absolute atomic E-state index is 0.0431. The Morgan fingerprint density at radius 2 is 1.62 bits per heavy atom. The lowest BCUT2D eigenvalue weighted by Gasteiger charge is -2.40. The second-order valence-electron chi connectivity index (χ2n) is 6.03. The molecule has 10 heteroatoms. The summed E-state index contributed by atoms with van der Waals surface area (Å²) in [7, 11) is 0. The highest BCUT2D eigenvalue weighted by molar-refractivity contribution is 5.87. The van der Waals surface area contributed by atoms with Crippen LogP contribution < -0.4 is 5.73 Å². The van der Waals surface area contributed by atoms with Crippen LogP contribution in [0.1, 0.15) is 29.7 Å². The first-order chi connectivity index (χ1) is 12.4. The largest absolute Gasteiger partial charge is 0.399 e. The Hall–Kier alpha value is -3.97. The number of rotatable bonds is 2. The second-order valence-corrected chi connectivity index (χ2v) is 6.03. The minimum atomic E-state index is -1.89. The molecule has 2 heterocycles. The molecule has 10 nitrogen and oxygen atoms in total. The number of allylic oxidation sites excluding steroid dienone is 4. The Labute approximate surface area is 147 Å². The summed E-state index contributed by atoms with van der Waals surface area (Å²) in [4.78, 5) is 0. The van der Waals surface area contributed by atoms with Crippen molar-refractivity contribution in [3.8, 4) is 18.2 Å². The van der Waals surface area contributed by atoms with Gasteiger partial charge in [-0.05, 0) is 25.9 Å². The highest BCUT2D eigenvalue weighted by Gasteiger charge is 2.58. The Morgan fingerprint density at radius 3 is 2.08 bits per heavy atom. The van der Waals surface area contributed by atoms with E-state index in [1.807, 2.05) is 18.2 Å². The van der Waals surface area contributed by atoms with Gasteiger partial charge in [-0.1, -0.05) is 21.5 Å². The summed E-state index contributed by atoms with van der Waals surface area (Å²) in [5.74, 6) is 0. The van der Waals surface area contributed by atoms with E-state index in [1.165, 1.54) is 0 Å². The van der Waals surface area contributed by atoms with Crippen molar-refractivity contribution in [1.82, 2.24) is 20.6 Å². The van der Waals surface area contributed by atoms with E-state index < -0.39 is 10.8 Å². The second kappa shape index (κ2) is 5.54. The molecule has 2 aromatic heterocycles. The molecule has 0 fully saturated rings. The molecule has 2 aromatic rings. The first-order valence-corrected chi connectivity index (χ1v) is 7.41. The molecule has 0 spiro atoms. The molecule has 0 bridgehead atoms. The summed E-state index contributed by atoms with van der Waals surface area (Å²) in [5, 5.41) is 44.5. The van der Waals surface area contributed by atoms with Crippen molar-refractivity contribution >= 4 is 5.57 Å². The number of nitrogens with two attached hydrogens (primary N) is 1. The van der Waals surface area contributed by atoms with Crippen LogP contribution in [0, 0.1) is 53.3 Å². The molecule has 2 N–H and O–H groups in total. The molecular weight excluding hydrogens is 336 g/mol. The van der Waals surface area contributed by atoms with Crippen molar-refractivity contribution in [2.24, 2.45) is 11.1 Å². The van der Waals surface area contributed by atoms with E-state index in [0.717, 1.165) is 0 Å². The average Bonchev–Trinajstić information content (AvgIpc) is 3.24. The molecule has 0 aliphatic heterocycles. The summed E-state index contributed by atoms with van der Waals surface area (Å²) in [6.45, 7) is 4.89. The van der Waals surface area contributed by atoms with Gasteiger partial charge >= 0.3 is 0 Å². The van der Waals surface area contributed by atoms with Crippen molar-refractivity contribution < 1.29 is 9.26 Å². The van der Waals surface area contributed by atoms with Crippen molar-refractivity contribution in [1.29, 1.82) is 15.8 Å². The normalized spacial score (nSPS) is 21.5. The van der Waals surface area contributed by atoms with Crippen LogP contribution in [0.2, 0.25) is 0 Å². The number of nitrogens with zero attached hydrogens (tertiary/aromatic N) is 7. The van der Waals surface area contributed by atoms with Gasteiger partial charge in [-0.2, -0.15) is 15.8 Å². The molecule has 1 unspecified atom stereocenters. The maximum absolute atomic E-state index is 9.87. The molecule has 0 aromatic carbocycles. The third-order valence-corrected chi connectivity index (χ3v) is 4.65. The zero-order valence-corrected chi connectivity index (χ0v) is 14.1. The Balaban J connectivity index is 2.45. The summed E-state index contributed by atoms with van der Waals surface area (Å²) in [5.41, 5.74) is 4.35. The van der Waals surface area contributed by atoms with Gasteiger partial charge in [0.05, 0.1) is 28.8 Å². The molecule has 0 saturated carbocycles. The number of aromatic nitrogens is 4. The predicted octanol–water partition coefficient (Wildman–Crippen LogP) is 1.19. The molecule has 0 saturated heterocycles. The van der Waals surface area contributed by atoms with E-state index in [-0.39, 0.29) is 22.7 Å². The minimum Gasteiger partial charge on any atom is -0.399 e. The maximum Gasteiger partial charge on any atom is 0.198 e. The molecule has 1 aliphatic rings. The van der Waals surface area contributed by atoms with Gasteiger partial charge in [-0.15, -0.1) is 0 Å². The number of hydrogen-bond donors (Lipinski definition) is 1. The van der Waals surface area contributed by atoms with Gasteiger partial charge in [0, 0.05) is 5.57 Å². The van der Waals surface area contributed by atoms with E-state index in [2.05, 4.69) is 20.6 Å². The third kappa shape index (κ3) is 1.89. The van der Waals surface area contributed by atoms with Crippen LogP contribution in [0.3, 0.4) is 0 Å². The Morgan fingerprint density at radius 1 is 1.00 bits per heavy atom. The fourth-order valence-corrected chi connectivity index (χ4v) is 3.19. The quantitative estimate of drug-likeness (QED) is 0.829. The number of hydrogen-bond acceptors (Lipinski definition) is 10. The fraction of sp³-hybridized carbons (Fsp3) is 0.312. The topological polar surface area (TPSA) is 175 Å². The Kier molecular flexibility index (Phi) is 3.59. The van der Waals surface area contributed by atoms with Gasteiger partial charge in [0.2, 0.25) is 0 Å². The molecule has 0 radical (unpaired) electrons. The Bertz CT molecular complexity index is 1070. The van der Waals surface area contributed by atoms with E-state index in [9.17, 15) is 15.8 Å². The van der Waals surface area contributed by atoms with Crippen LogP contribution in [-0.4, -0.2) is 20.6 Å². The lowest BCUT2D eigenvalue weighted by molar-refractivity contribution is 0.285. The van der Waals surface area contributed by atoms with Crippen LogP contribution in [-0.2, 0) is 5.41 Å². The number of aryl methyl sites for hydroxylation is 2. The first kappa shape index (κ1) is 16.9. The van der Waals surface area contributed by atoms with Gasteiger partial charge in [0.1, 0.15) is 28.8 Å². The van der Waals surface area contributed by atoms with Gasteiger partial charge in [-0.3, -0.25) is 0 Å². The fourth-order valence-electron chi connectivity index (χ4n) is 3.19. The summed E-state index contributed by atoms with van der Waals surface area (Å²) in [6.07, 6.45) is 1.55. The predicted molar refractivity (Wildman–Crippen MR) is 83.9 cm³/mol. The van der Waals surface area contributed by atoms with Crippen LogP contribution in [0.4, 0.5) is 0 Å². The molecule has 1 aliphatic carbocycles. The van der Waals surface area contributed by atoms with Gasteiger partial charge in [-0.25, -0.2) is 9.26 Å². The zero-order valence-electron chi connectivity index (χ0n) is 14.1. The van der Waals surface area contributed by atoms with Crippen LogP contribution >= 0.6 is 0 Å². The average molecular weight is 348 g/mol. The van der Waals surface area contributed by atoms with Gasteiger partial charge in [0.25, 0.3) is 0 Å². The SMILES string of the molecule is Cc1nonc1C1=CC(C)(c2nonc2C)C(C#N)(C#N)C(N)=C1C#N. The van der Waals surface area contributed by atoms with Gasteiger partial charge < -0.3 is 5.73 Å². The van der Waals surface area contributed by atoms with E-state index in [4.69, 9.17) is 15.0 Å². The zero-order chi connectivity index (χ0) is 19.1. The molecular formula is C16H12N8O2. The highest BCUT2D eigenvalue weighted by Crippen LogP contribution is 2.52. The van der Waals surface area contributed by atoms with Crippen molar-refractivity contribution in [2.75, 3.05) is 0 Å². The van der Waals surface area contributed by atoms with E-state index >= 15 is 0 Å². The highest BCUT2D eigenvalue weighted by atomic mass is 16.6. The molecule has 3 rings (SSSR count). The van der Waals surface area contributed by atoms with Crippen LogP contribution in [0.15, 0.2) is 26.6 Å². The standard InChI is InChI=1S/C16H12N8O2/c1-8-12(23-25-21-8)10-4-15(3,14-9(2)22-26-24-14)16(6-18,7-19)13(20)11(10)5-17/h4H,20H2,1-3H3. The van der Waals surface area contributed by atoms with Crippen LogP contribution in [0.25, 0.3) is 5.57 Å². The lowest BCUT2D eigenvalue weighted by Crippen LogP contribution is -2.47. The third-order valence-electron chi connectivity index (χ3n) is 4.65. The number of nitriles is 3. The maximum atomic E-state index is 9.87.